The number of carbonyl (C=O) groups is 2. The Labute approximate surface area is 130 Å². The van der Waals surface area contributed by atoms with Crippen LogP contribution in [-0.4, -0.2) is 48.9 Å². The number of carboxylic acids is 1. The van der Waals surface area contributed by atoms with Gasteiger partial charge in [0.15, 0.2) is 18.1 Å². The number of carboxylic acid groups (broad SMARTS) is 1. The topological polar surface area (TPSA) is 82.1 Å². The van der Waals surface area contributed by atoms with Crippen molar-refractivity contribution in [3.05, 3.63) is 12.2 Å². The maximum Gasteiger partial charge on any atom is 0.331 e. The van der Waals surface area contributed by atoms with Gasteiger partial charge in [0.05, 0.1) is 0 Å². The van der Waals surface area contributed by atoms with E-state index in [0.29, 0.717) is 0 Å². The maximum atomic E-state index is 11.5. The van der Waals surface area contributed by atoms with E-state index in [-0.39, 0.29) is 0 Å². The van der Waals surface area contributed by atoms with Gasteiger partial charge in [0.1, 0.15) is 5.22 Å². The van der Waals surface area contributed by atoms with Crippen LogP contribution in [0.2, 0.25) is 32.7 Å². The van der Waals surface area contributed by atoms with E-state index in [0.717, 1.165) is 12.2 Å². The second-order valence-corrected chi connectivity index (χ2v) is 17.7. The third kappa shape index (κ3) is 11.6. The van der Waals surface area contributed by atoms with Crippen LogP contribution < -0.4 is 0 Å². The van der Waals surface area contributed by atoms with E-state index in [1.807, 2.05) is 13.1 Å². The standard InChI is InChI=1S/C12H26O6Si3/c1-12(2,16-11(15)9-8-10(13)14)19-17-21(6,7)18-20(3,4)5/h8-9H,19H2,1-7H3,(H,13,14). The summed E-state index contributed by atoms with van der Waals surface area (Å²) in [6, 6.07) is 0. The fourth-order valence-corrected chi connectivity index (χ4v) is 11.2. The molecule has 0 saturated carbocycles. The highest BCUT2D eigenvalue weighted by Gasteiger charge is 2.34. The van der Waals surface area contributed by atoms with E-state index in [1.54, 1.807) is 13.8 Å². The van der Waals surface area contributed by atoms with Crippen molar-refractivity contribution >= 4 is 38.6 Å². The first-order valence-electron chi connectivity index (χ1n) is 6.71. The average Bonchev–Trinajstić information content (AvgIpc) is 2.20. The SMILES string of the molecule is CC(C)(OC(=O)C=CC(=O)O)[SiH2]O[Si](C)(C)O[Si](C)(C)C. The van der Waals surface area contributed by atoms with E-state index in [4.69, 9.17) is 18.1 Å². The monoisotopic (exact) mass is 350 g/mol. The predicted octanol–water partition coefficient (Wildman–Crippen LogP) is 1.56. The maximum absolute atomic E-state index is 11.5. The van der Waals surface area contributed by atoms with Crippen LogP contribution in [0.5, 0.6) is 0 Å². The van der Waals surface area contributed by atoms with E-state index in [2.05, 4.69) is 19.6 Å². The van der Waals surface area contributed by atoms with Gasteiger partial charge in [-0.1, -0.05) is 0 Å². The highest BCUT2D eigenvalue weighted by atomic mass is 28.5. The Morgan fingerprint density at radius 2 is 1.62 bits per heavy atom. The number of ether oxygens (including phenoxy) is 1. The summed E-state index contributed by atoms with van der Waals surface area (Å²) in [5, 5.41) is 7.75. The second kappa shape index (κ2) is 7.49. The molecule has 0 saturated heterocycles. The summed E-state index contributed by atoms with van der Waals surface area (Å²) in [5.41, 5.74) is 0. The first-order chi connectivity index (χ1) is 9.22. The first kappa shape index (κ1) is 20.3. The van der Waals surface area contributed by atoms with Crippen LogP contribution in [0.1, 0.15) is 13.8 Å². The number of aliphatic carboxylic acids is 1. The number of hydrogen-bond donors (Lipinski definition) is 1. The molecule has 0 radical (unpaired) electrons. The summed E-state index contributed by atoms with van der Waals surface area (Å²) >= 11 is 0. The van der Waals surface area contributed by atoms with Crippen LogP contribution in [0, 0.1) is 0 Å². The highest BCUT2D eigenvalue weighted by molar-refractivity contribution is 6.83. The third-order valence-electron chi connectivity index (χ3n) is 2.06. The van der Waals surface area contributed by atoms with Gasteiger partial charge in [-0.25, -0.2) is 9.59 Å². The Kier molecular flexibility index (Phi) is 7.23. The van der Waals surface area contributed by atoms with Crippen molar-refractivity contribution in [3.63, 3.8) is 0 Å². The van der Waals surface area contributed by atoms with Crippen molar-refractivity contribution in [2.24, 2.45) is 0 Å². The molecule has 21 heavy (non-hydrogen) atoms. The zero-order valence-corrected chi connectivity index (χ0v) is 17.3. The van der Waals surface area contributed by atoms with E-state index >= 15 is 0 Å². The Morgan fingerprint density at radius 3 is 2.05 bits per heavy atom. The molecular formula is C12H26O6Si3. The Morgan fingerprint density at radius 1 is 1.10 bits per heavy atom. The number of esters is 1. The van der Waals surface area contributed by atoms with Crippen molar-refractivity contribution < 1.29 is 27.7 Å². The molecule has 122 valence electrons. The van der Waals surface area contributed by atoms with Crippen LogP contribution >= 0.6 is 0 Å². The van der Waals surface area contributed by atoms with Gasteiger partial charge in [0.2, 0.25) is 0 Å². The van der Waals surface area contributed by atoms with Gasteiger partial charge < -0.3 is 18.1 Å². The molecule has 0 aromatic carbocycles. The zero-order chi connectivity index (χ0) is 16.9. The largest absolute Gasteiger partial charge is 0.478 e. The summed E-state index contributed by atoms with van der Waals surface area (Å²) in [5.74, 6) is -1.86. The fraction of sp³-hybridized carbons (Fsp3) is 0.667. The van der Waals surface area contributed by atoms with Gasteiger partial charge in [-0.15, -0.1) is 0 Å². The zero-order valence-electron chi connectivity index (χ0n) is 13.9. The van der Waals surface area contributed by atoms with Crippen LogP contribution in [0.25, 0.3) is 0 Å². The summed E-state index contributed by atoms with van der Waals surface area (Å²) < 4.78 is 17.3. The minimum atomic E-state index is -2.22. The van der Waals surface area contributed by atoms with Crippen molar-refractivity contribution in [2.45, 2.75) is 51.8 Å². The Balaban J connectivity index is 4.48. The van der Waals surface area contributed by atoms with Crippen LogP contribution in [0.3, 0.4) is 0 Å². The molecule has 0 atom stereocenters. The van der Waals surface area contributed by atoms with Crippen molar-refractivity contribution in [3.8, 4) is 0 Å². The highest BCUT2D eigenvalue weighted by Crippen LogP contribution is 2.17. The molecule has 0 amide bonds. The van der Waals surface area contributed by atoms with Gasteiger partial charge in [0, 0.05) is 12.2 Å². The van der Waals surface area contributed by atoms with Crippen LogP contribution in [-0.2, 0) is 22.6 Å². The number of hydrogen-bond acceptors (Lipinski definition) is 5. The molecule has 6 nitrogen and oxygen atoms in total. The molecule has 0 rings (SSSR count). The summed E-state index contributed by atoms with van der Waals surface area (Å²) in [4.78, 5) is 21.8. The first-order valence-corrected chi connectivity index (χ1v) is 14.2. The minimum absolute atomic E-state index is 0.677. The van der Waals surface area contributed by atoms with E-state index in [1.165, 1.54) is 0 Å². The summed E-state index contributed by atoms with van der Waals surface area (Å²) in [6.45, 7) is 13.8. The van der Waals surface area contributed by atoms with E-state index in [9.17, 15) is 9.59 Å². The lowest BCUT2D eigenvalue weighted by molar-refractivity contribution is -0.145. The lowest BCUT2D eigenvalue weighted by Gasteiger charge is -2.34. The molecule has 0 unspecified atom stereocenters. The van der Waals surface area contributed by atoms with Gasteiger partial charge in [-0.05, 0) is 46.6 Å². The number of rotatable bonds is 8. The molecule has 9 heteroatoms. The van der Waals surface area contributed by atoms with Crippen molar-refractivity contribution in [1.29, 1.82) is 0 Å². The van der Waals surface area contributed by atoms with E-state index < -0.39 is 43.8 Å². The van der Waals surface area contributed by atoms with Crippen molar-refractivity contribution in [1.82, 2.24) is 0 Å². The van der Waals surface area contributed by atoms with Gasteiger partial charge in [0.25, 0.3) is 0 Å². The molecule has 0 aliphatic rings. The Bertz CT molecular complexity index is 412. The lowest BCUT2D eigenvalue weighted by Crippen LogP contribution is -2.49. The average molecular weight is 351 g/mol. The molecule has 0 aliphatic carbocycles. The number of carbonyl (C=O) groups excluding carboxylic acids is 1. The molecule has 0 aliphatic heterocycles. The molecular weight excluding hydrogens is 324 g/mol. The second-order valence-electron chi connectivity index (χ2n) is 6.76. The molecule has 0 aromatic rings. The molecule has 0 fully saturated rings. The minimum Gasteiger partial charge on any atom is -0.478 e. The van der Waals surface area contributed by atoms with Crippen LogP contribution in [0.15, 0.2) is 12.2 Å². The van der Waals surface area contributed by atoms with Crippen LogP contribution in [0.4, 0.5) is 0 Å². The summed E-state index contributed by atoms with van der Waals surface area (Å²) in [6.07, 6.45) is 1.66. The predicted molar refractivity (Wildman–Crippen MR) is 88.5 cm³/mol. The quantitative estimate of drug-likeness (QED) is 0.406. The lowest BCUT2D eigenvalue weighted by atomic mass is 10.4. The van der Waals surface area contributed by atoms with Crippen molar-refractivity contribution in [2.75, 3.05) is 0 Å². The summed E-state index contributed by atoms with van der Waals surface area (Å²) in [7, 11) is -5.07. The van der Waals surface area contributed by atoms with Gasteiger partial charge in [-0.2, -0.15) is 0 Å². The normalized spacial score (nSPS) is 14.0. The smallest absolute Gasteiger partial charge is 0.331 e. The van der Waals surface area contributed by atoms with Gasteiger partial charge >= 0.3 is 20.5 Å². The molecule has 0 bridgehead atoms. The molecule has 1 N–H and O–H groups in total. The Hall–Kier alpha value is -0.749. The molecule has 0 heterocycles. The fourth-order valence-electron chi connectivity index (χ4n) is 1.59. The molecule has 0 spiro atoms. The third-order valence-corrected chi connectivity index (χ3v) is 10.7. The molecule has 0 aromatic heterocycles. The van der Waals surface area contributed by atoms with Gasteiger partial charge in [-0.3, -0.25) is 0 Å².